The highest BCUT2D eigenvalue weighted by atomic mass is 16.5. The van der Waals surface area contributed by atoms with Gasteiger partial charge in [-0.1, -0.05) is 0 Å². The number of carbonyl (C=O) groups is 1. The van der Waals surface area contributed by atoms with Gasteiger partial charge in [-0.15, -0.1) is 0 Å². The molecule has 0 saturated carbocycles. The SMILES string of the molecule is Cc1cnc(C(=CN)C(=O)Nc2cc3c(cc2N2CCC(C(C)(C)O)CC2)O[C@@](C)(CO)C3)nc1. The molecule has 1 atom stereocenters. The number of aliphatic hydroxyl groups excluding tert-OH is 1. The van der Waals surface area contributed by atoms with Crippen LogP contribution in [0.25, 0.3) is 5.57 Å². The molecular formula is C26H35N5O4. The van der Waals surface area contributed by atoms with Crippen LogP contribution in [0.5, 0.6) is 5.75 Å². The highest BCUT2D eigenvalue weighted by Gasteiger charge is 2.37. The van der Waals surface area contributed by atoms with Crippen LogP contribution in [0, 0.1) is 12.8 Å². The van der Waals surface area contributed by atoms with Crippen molar-refractivity contribution in [2.24, 2.45) is 11.7 Å². The summed E-state index contributed by atoms with van der Waals surface area (Å²) in [4.78, 5) is 24.0. The molecule has 4 rings (SSSR count). The van der Waals surface area contributed by atoms with Crippen LogP contribution in [0.3, 0.4) is 0 Å². The summed E-state index contributed by atoms with van der Waals surface area (Å²) in [5.41, 5.74) is 7.79. The van der Waals surface area contributed by atoms with E-state index in [2.05, 4.69) is 20.2 Å². The number of ether oxygens (including phenoxy) is 1. The van der Waals surface area contributed by atoms with Gasteiger partial charge in [-0.25, -0.2) is 9.97 Å². The number of benzene rings is 1. The molecule has 2 aliphatic rings. The van der Waals surface area contributed by atoms with Gasteiger partial charge in [0.1, 0.15) is 11.4 Å². The van der Waals surface area contributed by atoms with Gasteiger partial charge in [-0.2, -0.15) is 0 Å². The Morgan fingerprint density at radius 2 is 1.97 bits per heavy atom. The minimum absolute atomic E-state index is 0.111. The van der Waals surface area contributed by atoms with Crippen molar-refractivity contribution < 1.29 is 19.7 Å². The number of hydrogen-bond acceptors (Lipinski definition) is 8. The normalized spacial score (nSPS) is 21.0. The van der Waals surface area contributed by atoms with Crippen LogP contribution in [0.4, 0.5) is 11.4 Å². The molecule has 1 fully saturated rings. The van der Waals surface area contributed by atoms with E-state index in [-0.39, 0.29) is 23.9 Å². The van der Waals surface area contributed by atoms with E-state index in [0.717, 1.165) is 42.7 Å². The van der Waals surface area contributed by atoms with E-state index in [1.54, 1.807) is 12.4 Å². The lowest BCUT2D eigenvalue weighted by Gasteiger charge is -2.39. The maximum absolute atomic E-state index is 13.3. The molecule has 1 aromatic carbocycles. The molecule has 1 aromatic heterocycles. The molecule has 2 aromatic rings. The Kier molecular flexibility index (Phi) is 6.75. The maximum Gasteiger partial charge on any atom is 0.261 e. The van der Waals surface area contributed by atoms with Crippen LogP contribution in [0.2, 0.25) is 0 Å². The predicted molar refractivity (Wildman–Crippen MR) is 135 cm³/mol. The van der Waals surface area contributed by atoms with Crippen LogP contribution < -0.4 is 20.7 Å². The fraction of sp³-hybridized carbons (Fsp3) is 0.500. The van der Waals surface area contributed by atoms with Gasteiger partial charge in [0, 0.05) is 49.7 Å². The zero-order valence-corrected chi connectivity index (χ0v) is 20.8. The van der Waals surface area contributed by atoms with E-state index in [4.69, 9.17) is 10.5 Å². The molecule has 35 heavy (non-hydrogen) atoms. The van der Waals surface area contributed by atoms with Crippen molar-refractivity contribution in [3.05, 3.63) is 47.7 Å². The molecule has 1 amide bonds. The first-order valence-electron chi connectivity index (χ1n) is 12.0. The summed E-state index contributed by atoms with van der Waals surface area (Å²) >= 11 is 0. The van der Waals surface area contributed by atoms with Gasteiger partial charge >= 0.3 is 0 Å². The molecule has 0 unspecified atom stereocenters. The minimum Gasteiger partial charge on any atom is -0.484 e. The van der Waals surface area contributed by atoms with Crippen molar-refractivity contribution >= 4 is 22.9 Å². The number of carbonyl (C=O) groups excluding carboxylic acids is 1. The number of anilines is 2. The van der Waals surface area contributed by atoms with Gasteiger partial charge in [0.25, 0.3) is 5.91 Å². The monoisotopic (exact) mass is 481 g/mol. The number of amides is 1. The number of rotatable bonds is 6. The zero-order valence-electron chi connectivity index (χ0n) is 20.8. The molecule has 2 aliphatic heterocycles. The first-order chi connectivity index (χ1) is 16.5. The molecule has 5 N–H and O–H groups in total. The standard InChI is InChI=1S/C26H35N5O4/c1-16-13-28-23(29-14-16)19(12-27)24(33)30-20-9-17-11-26(4,15-32)35-22(17)10-21(20)31-7-5-18(6-8-31)25(2,3)34/h9-10,12-14,18,32,34H,5-8,11,15,27H2,1-4H3,(H,30,33)/t26-/m1/s1. The second kappa shape index (κ2) is 9.47. The summed E-state index contributed by atoms with van der Waals surface area (Å²) in [6.07, 6.45) is 6.68. The summed E-state index contributed by atoms with van der Waals surface area (Å²) in [6, 6.07) is 3.85. The number of fused-ring (bicyclic) bond motifs is 1. The number of nitrogens with zero attached hydrogens (tertiary/aromatic N) is 3. The van der Waals surface area contributed by atoms with Crippen LogP contribution in [-0.4, -0.2) is 57.0 Å². The quantitative estimate of drug-likeness (QED) is 0.462. The second-order valence-electron chi connectivity index (χ2n) is 10.4. The lowest BCUT2D eigenvalue weighted by molar-refractivity contribution is -0.111. The van der Waals surface area contributed by atoms with Crippen LogP contribution in [-0.2, 0) is 11.2 Å². The Balaban J connectivity index is 1.64. The van der Waals surface area contributed by atoms with Gasteiger partial charge in [0.2, 0.25) is 0 Å². The summed E-state index contributed by atoms with van der Waals surface area (Å²) < 4.78 is 6.08. The first kappa shape index (κ1) is 24.9. The molecule has 188 valence electrons. The van der Waals surface area contributed by atoms with Crippen LogP contribution >= 0.6 is 0 Å². The number of aryl methyl sites for hydroxylation is 1. The van der Waals surface area contributed by atoms with Gasteiger partial charge in [0.15, 0.2) is 5.82 Å². The van der Waals surface area contributed by atoms with E-state index in [0.29, 0.717) is 17.9 Å². The fourth-order valence-electron chi connectivity index (χ4n) is 4.80. The number of hydrogen-bond donors (Lipinski definition) is 4. The lowest BCUT2D eigenvalue weighted by atomic mass is 9.83. The van der Waals surface area contributed by atoms with Crippen LogP contribution in [0.15, 0.2) is 30.7 Å². The smallest absolute Gasteiger partial charge is 0.261 e. The second-order valence-corrected chi connectivity index (χ2v) is 10.4. The minimum atomic E-state index is -0.734. The number of aliphatic hydroxyl groups is 2. The largest absolute Gasteiger partial charge is 0.484 e. The highest BCUT2D eigenvalue weighted by Crippen LogP contribution is 2.43. The number of piperidine rings is 1. The molecule has 0 radical (unpaired) electrons. The third-order valence-corrected chi connectivity index (χ3v) is 6.95. The molecule has 0 bridgehead atoms. The fourth-order valence-corrected chi connectivity index (χ4v) is 4.80. The Morgan fingerprint density at radius 3 is 2.54 bits per heavy atom. The Morgan fingerprint density at radius 1 is 1.31 bits per heavy atom. The van der Waals surface area contributed by atoms with Crippen molar-refractivity contribution in [1.29, 1.82) is 0 Å². The van der Waals surface area contributed by atoms with Crippen molar-refractivity contribution in [2.75, 3.05) is 29.9 Å². The Bertz CT molecular complexity index is 1120. The van der Waals surface area contributed by atoms with E-state index in [1.807, 2.05) is 39.8 Å². The van der Waals surface area contributed by atoms with Crippen LogP contribution in [0.1, 0.15) is 50.6 Å². The lowest BCUT2D eigenvalue weighted by Crippen LogP contribution is -2.42. The molecule has 0 aliphatic carbocycles. The van der Waals surface area contributed by atoms with Crippen molar-refractivity contribution in [2.45, 2.75) is 58.2 Å². The van der Waals surface area contributed by atoms with E-state index in [1.165, 1.54) is 6.20 Å². The van der Waals surface area contributed by atoms with Gasteiger partial charge in [0.05, 0.1) is 29.2 Å². The zero-order chi connectivity index (χ0) is 25.4. The summed E-state index contributed by atoms with van der Waals surface area (Å²) in [6.45, 7) is 8.79. The van der Waals surface area contributed by atoms with Crippen molar-refractivity contribution in [1.82, 2.24) is 9.97 Å². The van der Waals surface area contributed by atoms with E-state index >= 15 is 0 Å². The van der Waals surface area contributed by atoms with Gasteiger partial charge in [-0.3, -0.25) is 4.79 Å². The summed E-state index contributed by atoms with van der Waals surface area (Å²) in [7, 11) is 0. The summed E-state index contributed by atoms with van der Waals surface area (Å²) in [5, 5.41) is 23.3. The Hall–Kier alpha value is -3.17. The van der Waals surface area contributed by atoms with Crippen molar-refractivity contribution in [3.63, 3.8) is 0 Å². The third-order valence-electron chi connectivity index (χ3n) is 6.95. The Labute approximate surface area is 206 Å². The summed E-state index contributed by atoms with van der Waals surface area (Å²) in [5.74, 6) is 0.745. The highest BCUT2D eigenvalue weighted by molar-refractivity contribution is 6.24. The molecule has 9 heteroatoms. The van der Waals surface area contributed by atoms with Gasteiger partial charge < -0.3 is 30.9 Å². The number of nitrogens with one attached hydrogen (secondary N) is 1. The van der Waals surface area contributed by atoms with E-state index in [9.17, 15) is 15.0 Å². The predicted octanol–water partition coefficient (Wildman–Crippen LogP) is 2.40. The molecule has 3 heterocycles. The van der Waals surface area contributed by atoms with Crippen molar-refractivity contribution in [3.8, 4) is 5.75 Å². The molecule has 9 nitrogen and oxygen atoms in total. The average molecular weight is 482 g/mol. The maximum atomic E-state index is 13.3. The topological polar surface area (TPSA) is 134 Å². The molecule has 1 saturated heterocycles. The van der Waals surface area contributed by atoms with Gasteiger partial charge in [-0.05, 0) is 58.1 Å². The third kappa shape index (κ3) is 5.26. The van der Waals surface area contributed by atoms with E-state index < -0.39 is 17.1 Å². The first-order valence-corrected chi connectivity index (χ1v) is 12.0. The number of aromatic nitrogens is 2. The average Bonchev–Trinajstić information content (AvgIpc) is 3.15. The molecule has 0 spiro atoms. The number of nitrogens with two attached hydrogens (primary N) is 1. The molecular weight excluding hydrogens is 446 g/mol.